The van der Waals surface area contributed by atoms with Gasteiger partial charge in [0.15, 0.2) is 0 Å². The van der Waals surface area contributed by atoms with E-state index in [0.717, 1.165) is 92.3 Å². The van der Waals surface area contributed by atoms with E-state index in [2.05, 4.69) is 36.8 Å². The molecule has 3 aromatic rings. The zero-order chi connectivity index (χ0) is 37.2. The van der Waals surface area contributed by atoms with Gasteiger partial charge in [0.1, 0.15) is 15.7 Å². The fourth-order valence-corrected chi connectivity index (χ4v) is 12.1. The molecular weight excluding hydrogens is 724 g/mol. The van der Waals surface area contributed by atoms with Gasteiger partial charge in [-0.3, -0.25) is 14.3 Å². The van der Waals surface area contributed by atoms with Crippen molar-refractivity contribution >= 4 is 39.0 Å². The molecule has 4 heterocycles. The molecule has 2 unspecified atom stereocenters. The molecule has 7 atom stereocenters. The van der Waals surface area contributed by atoms with Crippen LogP contribution in [0.3, 0.4) is 0 Å². The van der Waals surface area contributed by atoms with E-state index in [0.29, 0.717) is 36.5 Å². The van der Waals surface area contributed by atoms with Crippen molar-refractivity contribution in [1.29, 1.82) is 0 Å². The van der Waals surface area contributed by atoms with E-state index in [9.17, 15) is 13.8 Å². The second-order valence-electron chi connectivity index (χ2n) is 16.3. The molecule has 10 nitrogen and oxygen atoms in total. The van der Waals surface area contributed by atoms with E-state index in [1.165, 1.54) is 11.1 Å². The van der Waals surface area contributed by atoms with Gasteiger partial charge in [-0.05, 0) is 122 Å². The maximum absolute atomic E-state index is 15.0. The molecule has 54 heavy (non-hydrogen) atoms. The third kappa shape index (κ3) is 6.48. The number of rotatable bonds is 4. The lowest BCUT2D eigenvalue weighted by Crippen LogP contribution is -2.51. The summed E-state index contributed by atoms with van der Waals surface area (Å²) in [7, 11) is -0.0795. The van der Waals surface area contributed by atoms with E-state index < -0.39 is 21.7 Å². The van der Waals surface area contributed by atoms with Crippen molar-refractivity contribution in [3.63, 3.8) is 0 Å². The van der Waals surface area contributed by atoms with Crippen LogP contribution in [0.2, 0.25) is 5.02 Å². The third-order valence-corrected chi connectivity index (χ3v) is 15.2. The number of anilines is 1. The monoisotopic (exact) mass is 772 g/mol. The molecule has 2 aromatic carbocycles. The lowest BCUT2D eigenvalue weighted by Gasteiger charge is -2.48. The summed E-state index contributed by atoms with van der Waals surface area (Å²) in [4.78, 5) is 30.5. The molecule has 1 fully saturated rings. The van der Waals surface area contributed by atoms with E-state index in [-0.39, 0.29) is 35.2 Å². The average Bonchev–Trinajstić information content (AvgIpc) is 3.35. The number of hydrogen-bond donors (Lipinski definition) is 1. The number of hydrogen-bond acceptors (Lipinski definition) is 7. The number of halogens is 1. The standard InChI is InChI=1S/C42H49ClN4O6S/c1-51-33-6-4-16-46-22-30(18-32(46)20-33)41(49)45-54(50)23-29-8-12-35(29)39(52-2)34-11-7-28(34)21-47-24-42(15-3-5-26-17-31(43)10-13-36(26)42)25-53-38-14-9-27(19-37(38)47)40(48)44-54/h9-10,12-14,17-19,22,28-29,33-34,39H,3-8,11,15-16,20-21,23-25H2,1-2H3,(H,44,45,48,49,50)/t28-,29-,33?,34+,39+,42-,54?/m0/s1. The highest BCUT2D eigenvalue weighted by atomic mass is 35.5. The number of nitrogens with zero attached hydrogens (tertiary/aromatic N) is 3. The van der Waals surface area contributed by atoms with Crippen LogP contribution < -0.4 is 14.4 Å². The molecule has 1 spiro atoms. The first kappa shape index (κ1) is 36.0. The smallest absolute Gasteiger partial charge is 0.286 e. The molecule has 1 aromatic heterocycles. The van der Waals surface area contributed by atoms with Gasteiger partial charge in [-0.2, -0.15) is 0 Å². The van der Waals surface area contributed by atoms with Crippen LogP contribution in [0.25, 0.3) is 0 Å². The number of ether oxygens (including phenoxy) is 3. The number of benzene rings is 2. The molecule has 286 valence electrons. The maximum Gasteiger partial charge on any atom is 0.286 e. The number of methoxy groups -OCH3 is 2. The van der Waals surface area contributed by atoms with Gasteiger partial charge in [0, 0.05) is 68.2 Å². The van der Waals surface area contributed by atoms with E-state index in [1.54, 1.807) is 20.3 Å². The summed E-state index contributed by atoms with van der Waals surface area (Å²) in [6.45, 7) is 2.83. The minimum absolute atomic E-state index is 0.0407. The molecule has 2 bridgehead atoms. The molecule has 0 radical (unpaired) electrons. The fourth-order valence-electron chi connectivity index (χ4n) is 10.1. The van der Waals surface area contributed by atoms with E-state index in [4.69, 9.17) is 25.8 Å². The predicted octanol–water partition coefficient (Wildman–Crippen LogP) is 6.92. The van der Waals surface area contributed by atoms with Crippen LogP contribution in [-0.2, 0) is 44.2 Å². The van der Waals surface area contributed by atoms with Crippen LogP contribution in [0, 0.1) is 17.8 Å². The van der Waals surface area contributed by atoms with Crippen LogP contribution in [0.5, 0.6) is 5.75 Å². The summed E-state index contributed by atoms with van der Waals surface area (Å²) < 4.78 is 42.8. The van der Waals surface area contributed by atoms with Crippen LogP contribution in [0.4, 0.5) is 5.69 Å². The summed E-state index contributed by atoms with van der Waals surface area (Å²) in [5.74, 6) is 0.146. The van der Waals surface area contributed by atoms with Crippen molar-refractivity contribution in [2.24, 2.45) is 22.1 Å². The Kier molecular flexibility index (Phi) is 9.43. The molecule has 6 aliphatic rings. The van der Waals surface area contributed by atoms with Gasteiger partial charge in [0.25, 0.3) is 11.8 Å². The molecule has 1 saturated carbocycles. The second kappa shape index (κ2) is 14.1. The zero-order valence-corrected chi connectivity index (χ0v) is 32.6. The van der Waals surface area contributed by atoms with Gasteiger partial charge in [-0.15, -0.1) is 4.36 Å². The van der Waals surface area contributed by atoms with E-state index >= 15 is 0 Å². The first-order valence-corrected chi connectivity index (χ1v) is 21.6. The Morgan fingerprint density at radius 2 is 1.98 bits per heavy atom. The van der Waals surface area contributed by atoms with Crippen molar-refractivity contribution in [2.75, 3.05) is 44.6 Å². The number of aryl methyl sites for hydroxylation is 2. The minimum Gasteiger partial charge on any atom is -0.490 e. The Morgan fingerprint density at radius 3 is 2.76 bits per heavy atom. The van der Waals surface area contributed by atoms with Gasteiger partial charge in [0.05, 0.1) is 35.8 Å². The zero-order valence-electron chi connectivity index (χ0n) is 31.1. The first-order chi connectivity index (χ1) is 26.1. The highest BCUT2D eigenvalue weighted by molar-refractivity contribution is 7.92. The largest absolute Gasteiger partial charge is 0.490 e. The minimum atomic E-state index is -3.56. The van der Waals surface area contributed by atoms with Gasteiger partial charge in [-0.1, -0.05) is 23.7 Å². The Morgan fingerprint density at radius 1 is 1.09 bits per heavy atom. The molecule has 9 rings (SSSR count). The fraction of sp³-hybridized carbons (Fsp3) is 0.524. The SMILES string of the molecule is COC1CCCn2cc(C(=O)NS3(=O)=NC(=O)c4ccc5c(c4)N(C[C@@H]4CC[C@H]4[C@@H](OC)C4=CC[C@H]4C3)C[C@@]3(CCCc4cc(Cl)ccc43)CO5)cc2C1. The first-order valence-electron chi connectivity index (χ1n) is 19.5. The number of carbonyl (C=O) groups excluding carboxylic acids is 2. The number of aromatic nitrogens is 1. The molecule has 12 heteroatoms. The number of amides is 2. The molecule has 0 saturated heterocycles. The normalized spacial score (nSPS) is 31.6. The summed E-state index contributed by atoms with van der Waals surface area (Å²) in [6, 6.07) is 13.5. The highest BCUT2D eigenvalue weighted by Gasteiger charge is 2.47. The highest BCUT2D eigenvalue weighted by Crippen LogP contribution is 2.49. The van der Waals surface area contributed by atoms with Gasteiger partial charge in [-0.25, -0.2) is 4.21 Å². The Labute approximate surface area is 322 Å². The molecule has 1 N–H and O–H groups in total. The van der Waals surface area contributed by atoms with Crippen molar-refractivity contribution in [1.82, 2.24) is 9.29 Å². The molecular formula is C42H49ClN4O6S. The van der Waals surface area contributed by atoms with Gasteiger partial charge in [0.2, 0.25) is 0 Å². The Balaban J connectivity index is 1.10. The van der Waals surface area contributed by atoms with Gasteiger partial charge >= 0.3 is 0 Å². The summed E-state index contributed by atoms with van der Waals surface area (Å²) in [6.07, 6.45) is 12.3. The van der Waals surface area contributed by atoms with Crippen molar-refractivity contribution < 1.29 is 28.0 Å². The Bertz CT molecular complexity index is 2160. The van der Waals surface area contributed by atoms with Crippen LogP contribution in [-0.4, -0.2) is 72.5 Å². The summed E-state index contributed by atoms with van der Waals surface area (Å²) in [5, 5.41) is 0.747. The predicted molar refractivity (Wildman–Crippen MR) is 209 cm³/mol. The van der Waals surface area contributed by atoms with Gasteiger partial charge < -0.3 is 23.7 Å². The number of fused-ring (bicyclic) bond motifs is 6. The van der Waals surface area contributed by atoms with E-state index in [1.807, 2.05) is 30.5 Å². The second-order valence-corrected chi connectivity index (χ2v) is 18.8. The lowest BCUT2D eigenvalue weighted by atomic mass is 9.65. The number of carbonyl (C=O) groups is 2. The van der Waals surface area contributed by atoms with Crippen LogP contribution in [0.15, 0.2) is 64.7 Å². The Hall–Kier alpha value is -3.64. The molecule has 3 aliphatic carbocycles. The number of nitrogens with one attached hydrogen (secondary N) is 1. The van der Waals surface area contributed by atoms with Crippen molar-refractivity contribution in [3.8, 4) is 5.75 Å². The third-order valence-electron chi connectivity index (χ3n) is 13.1. The quantitative estimate of drug-likeness (QED) is 0.287. The summed E-state index contributed by atoms with van der Waals surface area (Å²) in [5.41, 5.74) is 5.97. The lowest BCUT2D eigenvalue weighted by molar-refractivity contribution is -0.00148. The van der Waals surface area contributed by atoms with Crippen molar-refractivity contribution in [2.45, 2.75) is 82.0 Å². The number of allylic oxidation sites excluding steroid dienone is 1. The van der Waals surface area contributed by atoms with Crippen LogP contribution in [0.1, 0.15) is 82.5 Å². The molecule has 2 amide bonds. The van der Waals surface area contributed by atoms with Crippen LogP contribution >= 0.6 is 11.6 Å². The van der Waals surface area contributed by atoms with Crippen molar-refractivity contribution in [3.05, 3.63) is 93.3 Å². The average molecular weight is 773 g/mol. The summed E-state index contributed by atoms with van der Waals surface area (Å²) >= 11 is 6.48. The maximum atomic E-state index is 15.0. The topological polar surface area (TPSA) is 111 Å². The molecule has 3 aliphatic heterocycles.